The monoisotopic (exact) mass is 272 g/mol. The normalized spacial score (nSPS) is 10.6. The van der Waals surface area contributed by atoms with Gasteiger partial charge in [-0.25, -0.2) is 0 Å². The Balaban J connectivity index is 2.23. The fourth-order valence-electron chi connectivity index (χ4n) is 3.01. The minimum absolute atomic E-state index is 1.06. The molecule has 0 bridgehead atoms. The maximum absolute atomic E-state index is 2.24. The van der Waals surface area contributed by atoms with Crippen LogP contribution in [0.25, 0.3) is 22.3 Å². The van der Waals surface area contributed by atoms with Crippen molar-refractivity contribution in [2.45, 2.75) is 20.3 Å². The second kappa shape index (κ2) is 5.97. The molecule has 0 aliphatic carbocycles. The van der Waals surface area contributed by atoms with Gasteiger partial charge < -0.3 is 0 Å². The smallest absolute Gasteiger partial charge is 0.0103 e. The molecule has 0 unspecified atom stereocenters. The molecule has 0 nitrogen and oxygen atoms in total. The van der Waals surface area contributed by atoms with Gasteiger partial charge in [0.15, 0.2) is 0 Å². The molecule has 3 rings (SSSR count). The molecule has 3 aromatic carbocycles. The zero-order valence-electron chi connectivity index (χ0n) is 12.6. The van der Waals surface area contributed by atoms with Gasteiger partial charge in [-0.15, -0.1) is 0 Å². The van der Waals surface area contributed by atoms with Crippen molar-refractivity contribution in [2.24, 2.45) is 0 Å². The van der Waals surface area contributed by atoms with E-state index in [2.05, 4.69) is 86.6 Å². The van der Waals surface area contributed by atoms with Gasteiger partial charge in [-0.2, -0.15) is 0 Å². The van der Waals surface area contributed by atoms with Gasteiger partial charge in [-0.3, -0.25) is 0 Å². The largest absolute Gasteiger partial charge is 0.0622 e. The third kappa shape index (κ3) is 2.62. The first-order valence-electron chi connectivity index (χ1n) is 7.54. The summed E-state index contributed by atoms with van der Waals surface area (Å²) in [5, 5.41) is 0. The second-order valence-corrected chi connectivity index (χ2v) is 5.37. The molecule has 0 N–H and O–H groups in total. The average molecular weight is 272 g/mol. The van der Waals surface area contributed by atoms with Gasteiger partial charge in [0.2, 0.25) is 0 Å². The topological polar surface area (TPSA) is 0 Å². The first-order valence-corrected chi connectivity index (χ1v) is 7.54. The van der Waals surface area contributed by atoms with Crippen LogP contribution in [0.15, 0.2) is 72.8 Å². The molecule has 0 amide bonds. The molecule has 0 aliphatic heterocycles. The Labute approximate surface area is 127 Å². The van der Waals surface area contributed by atoms with Crippen molar-refractivity contribution < 1.29 is 0 Å². The molecule has 104 valence electrons. The zero-order chi connectivity index (χ0) is 14.7. The van der Waals surface area contributed by atoms with Crippen LogP contribution in [0.2, 0.25) is 0 Å². The molecule has 0 heterocycles. The van der Waals surface area contributed by atoms with Crippen LogP contribution in [0.4, 0.5) is 0 Å². The summed E-state index contributed by atoms with van der Waals surface area (Å²) < 4.78 is 0. The van der Waals surface area contributed by atoms with E-state index in [0.717, 1.165) is 6.42 Å². The standard InChI is InChI=1S/C21H20/c1-3-18-16(2)10-9-15-20(18)21-14-8-7-13-19(21)17-11-5-4-6-12-17/h4-15H,3H2,1-2H3. The predicted molar refractivity (Wildman–Crippen MR) is 91.4 cm³/mol. The Hall–Kier alpha value is -2.34. The number of aryl methyl sites for hydroxylation is 1. The predicted octanol–water partition coefficient (Wildman–Crippen LogP) is 5.89. The Kier molecular flexibility index (Phi) is 3.87. The highest BCUT2D eigenvalue weighted by atomic mass is 14.1. The lowest BCUT2D eigenvalue weighted by atomic mass is 9.89. The fourth-order valence-corrected chi connectivity index (χ4v) is 3.01. The van der Waals surface area contributed by atoms with Crippen LogP contribution in [0.5, 0.6) is 0 Å². The van der Waals surface area contributed by atoms with Gasteiger partial charge in [0.25, 0.3) is 0 Å². The summed E-state index contributed by atoms with van der Waals surface area (Å²) in [4.78, 5) is 0. The van der Waals surface area contributed by atoms with Crippen LogP contribution in [0, 0.1) is 6.92 Å². The Morgan fingerprint density at radius 2 is 1.24 bits per heavy atom. The molecule has 0 fully saturated rings. The third-order valence-electron chi connectivity index (χ3n) is 4.07. The van der Waals surface area contributed by atoms with Crippen molar-refractivity contribution in [2.75, 3.05) is 0 Å². The summed E-state index contributed by atoms with van der Waals surface area (Å²) in [5.74, 6) is 0. The molecule has 0 spiro atoms. The molecule has 3 aromatic rings. The molecule has 21 heavy (non-hydrogen) atoms. The van der Waals surface area contributed by atoms with Gasteiger partial charge >= 0.3 is 0 Å². The van der Waals surface area contributed by atoms with E-state index in [9.17, 15) is 0 Å². The van der Waals surface area contributed by atoms with Crippen molar-refractivity contribution >= 4 is 0 Å². The van der Waals surface area contributed by atoms with E-state index in [1.807, 2.05) is 0 Å². The lowest BCUT2D eigenvalue weighted by molar-refractivity contribution is 1.11. The van der Waals surface area contributed by atoms with E-state index in [1.54, 1.807) is 0 Å². The summed E-state index contributed by atoms with van der Waals surface area (Å²) >= 11 is 0. The van der Waals surface area contributed by atoms with E-state index in [-0.39, 0.29) is 0 Å². The minimum atomic E-state index is 1.06. The van der Waals surface area contributed by atoms with Crippen LogP contribution < -0.4 is 0 Å². The maximum atomic E-state index is 2.24. The summed E-state index contributed by atoms with van der Waals surface area (Å²) in [6, 6.07) is 25.9. The number of hydrogen-bond acceptors (Lipinski definition) is 0. The van der Waals surface area contributed by atoms with Crippen molar-refractivity contribution in [1.82, 2.24) is 0 Å². The molecule has 0 aromatic heterocycles. The molecule has 0 radical (unpaired) electrons. The van der Waals surface area contributed by atoms with Gasteiger partial charge in [-0.1, -0.05) is 79.7 Å². The lowest BCUT2D eigenvalue weighted by Gasteiger charge is -2.15. The SMILES string of the molecule is CCc1c(C)cccc1-c1ccccc1-c1ccccc1. The molecular weight excluding hydrogens is 252 g/mol. The van der Waals surface area contributed by atoms with Crippen LogP contribution in [0.3, 0.4) is 0 Å². The lowest BCUT2D eigenvalue weighted by Crippen LogP contribution is -1.93. The minimum Gasteiger partial charge on any atom is -0.0622 e. The van der Waals surface area contributed by atoms with Crippen LogP contribution in [-0.2, 0) is 6.42 Å². The first-order chi connectivity index (χ1) is 10.3. The fraction of sp³-hybridized carbons (Fsp3) is 0.143. The van der Waals surface area contributed by atoms with Gasteiger partial charge in [0.05, 0.1) is 0 Å². The average Bonchev–Trinajstić information content (AvgIpc) is 2.55. The van der Waals surface area contributed by atoms with Crippen molar-refractivity contribution in [3.05, 3.63) is 83.9 Å². The molecule has 0 aliphatic rings. The van der Waals surface area contributed by atoms with E-state index in [4.69, 9.17) is 0 Å². The highest BCUT2D eigenvalue weighted by Crippen LogP contribution is 2.34. The molecule has 0 saturated heterocycles. The number of hydrogen-bond donors (Lipinski definition) is 0. The highest BCUT2D eigenvalue weighted by Gasteiger charge is 2.10. The number of benzene rings is 3. The van der Waals surface area contributed by atoms with Crippen molar-refractivity contribution in [1.29, 1.82) is 0 Å². The third-order valence-corrected chi connectivity index (χ3v) is 4.07. The molecule has 0 heteroatoms. The van der Waals surface area contributed by atoms with Crippen LogP contribution in [-0.4, -0.2) is 0 Å². The van der Waals surface area contributed by atoms with E-state index in [1.165, 1.54) is 33.4 Å². The number of rotatable bonds is 3. The van der Waals surface area contributed by atoms with Gasteiger partial charge in [0, 0.05) is 0 Å². The Morgan fingerprint density at radius 1 is 0.619 bits per heavy atom. The zero-order valence-corrected chi connectivity index (χ0v) is 12.6. The quantitative estimate of drug-likeness (QED) is 0.557. The van der Waals surface area contributed by atoms with Gasteiger partial charge in [0.1, 0.15) is 0 Å². The van der Waals surface area contributed by atoms with E-state index in [0.29, 0.717) is 0 Å². The molecule has 0 atom stereocenters. The summed E-state index contributed by atoms with van der Waals surface area (Å²) in [5.41, 5.74) is 8.08. The first kappa shape index (κ1) is 13.6. The molecular formula is C21H20. The van der Waals surface area contributed by atoms with E-state index < -0.39 is 0 Å². The maximum Gasteiger partial charge on any atom is -0.0103 e. The van der Waals surface area contributed by atoms with Crippen molar-refractivity contribution in [3.8, 4) is 22.3 Å². The Bertz CT molecular complexity index is 739. The van der Waals surface area contributed by atoms with Crippen LogP contribution >= 0.6 is 0 Å². The van der Waals surface area contributed by atoms with E-state index >= 15 is 0 Å². The summed E-state index contributed by atoms with van der Waals surface area (Å²) in [6.45, 7) is 4.43. The Morgan fingerprint density at radius 3 is 1.95 bits per heavy atom. The highest BCUT2D eigenvalue weighted by molar-refractivity contribution is 5.85. The van der Waals surface area contributed by atoms with Crippen molar-refractivity contribution in [3.63, 3.8) is 0 Å². The second-order valence-electron chi connectivity index (χ2n) is 5.37. The van der Waals surface area contributed by atoms with Gasteiger partial charge in [-0.05, 0) is 46.7 Å². The molecule has 0 saturated carbocycles. The van der Waals surface area contributed by atoms with Crippen LogP contribution in [0.1, 0.15) is 18.1 Å². The summed E-state index contributed by atoms with van der Waals surface area (Å²) in [7, 11) is 0. The summed E-state index contributed by atoms with van der Waals surface area (Å²) in [6.07, 6.45) is 1.06.